The van der Waals surface area contributed by atoms with Gasteiger partial charge in [0.25, 0.3) is 0 Å². The van der Waals surface area contributed by atoms with E-state index in [0.29, 0.717) is 5.89 Å². The zero-order valence-corrected chi connectivity index (χ0v) is 11.7. The third-order valence-electron chi connectivity index (χ3n) is 3.22. The van der Waals surface area contributed by atoms with Crippen LogP contribution in [0.15, 0.2) is 22.6 Å². The Kier molecular flexibility index (Phi) is 4.18. The molecule has 0 bridgehead atoms. The molecular weight excluding hydrogens is 238 g/mol. The minimum atomic E-state index is 0.0984. The van der Waals surface area contributed by atoms with Crippen molar-refractivity contribution in [2.45, 2.75) is 26.8 Å². The Morgan fingerprint density at radius 2 is 2.26 bits per heavy atom. The molecule has 0 spiro atoms. The summed E-state index contributed by atoms with van der Waals surface area (Å²) in [6.07, 6.45) is 0.890. The molecule has 1 aromatic heterocycles. The molecule has 0 fully saturated rings. The first kappa shape index (κ1) is 13.6. The first-order chi connectivity index (χ1) is 9.12. The predicted octanol–water partition coefficient (Wildman–Crippen LogP) is 3.12. The second-order valence-corrected chi connectivity index (χ2v) is 4.97. The smallest absolute Gasteiger partial charge is 0.192 e. The Balaban J connectivity index is 2.06. The van der Waals surface area contributed by atoms with Crippen molar-refractivity contribution < 1.29 is 4.42 Å². The molecule has 1 unspecified atom stereocenters. The van der Waals surface area contributed by atoms with E-state index in [9.17, 15) is 0 Å². The second-order valence-electron chi connectivity index (χ2n) is 4.97. The van der Waals surface area contributed by atoms with Crippen molar-refractivity contribution >= 4 is 11.1 Å². The molecule has 0 amide bonds. The molecule has 0 radical (unpaired) electrons. The quantitative estimate of drug-likeness (QED) is 0.825. The van der Waals surface area contributed by atoms with E-state index in [1.165, 1.54) is 5.56 Å². The summed E-state index contributed by atoms with van der Waals surface area (Å²) in [5.74, 6) is 0.789. The van der Waals surface area contributed by atoms with Gasteiger partial charge in [-0.2, -0.15) is 5.26 Å². The number of rotatable bonds is 5. The fourth-order valence-corrected chi connectivity index (χ4v) is 2.20. The van der Waals surface area contributed by atoms with Crippen molar-refractivity contribution in [3.05, 3.63) is 29.7 Å². The van der Waals surface area contributed by atoms with Gasteiger partial charge in [-0.25, -0.2) is 4.98 Å². The number of nitriles is 1. The van der Waals surface area contributed by atoms with Crippen LogP contribution in [-0.4, -0.2) is 23.5 Å². The van der Waals surface area contributed by atoms with Crippen LogP contribution in [0.25, 0.3) is 11.1 Å². The van der Waals surface area contributed by atoms with E-state index in [1.54, 1.807) is 0 Å². The average molecular weight is 257 g/mol. The molecule has 0 aliphatic heterocycles. The van der Waals surface area contributed by atoms with Crippen LogP contribution in [0.4, 0.5) is 0 Å². The fraction of sp³-hybridized carbons (Fsp3) is 0.467. The number of nitrogens with zero attached hydrogens (tertiary/aromatic N) is 3. The lowest BCUT2D eigenvalue weighted by molar-refractivity contribution is 0.292. The summed E-state index contributed by atoms with van der Waals surface area (Å²) in [5.41, 5.74) is 2.90. The normalized spacial score (nSPS) is 12.8. The van der Waals surface area contributed by atoms with Crippen LogP contribution >= 0.6 is 0 Å². The Bertz CT molecular complexity index is 597. The highest BCUT2D eigenvalue weighted by Crippen LogP contribution is 2.18. The number of aryl methyl sites for hydroxylation is 1. The van der Waals surface area contributed by atoms with Gasteiger partial charge in [0.1, 0.15) is 5.52 Å². The molecule has 1 heterocycles. The third-order valence-corrected chi connectivity index (χ3v) is 3.22. The predicted molar refractivity (Wildman–Crippen MR) is 74.5 cm³/mol. The van der Waals surface area contributed by atoms with Crippen LogP contribution in [-0.2, 0) is 6.54 Å². The molecule has 19 heavy (non-hydrogen) atoms. The van der Waals surface area contributed by atoms with Crippen LogP contribution < -0.4 is 0 Å². The summed E-state index contributed by atoms with van der Waals surface area (Å²) in [6.45, 7) is 5.50. The van der Waals surface area contributed by atoms with Gasteiger partial charge in [0.05, 0.1) is 12.0 Å². The number of hydrogen-bond donors (Lipinski definition) is 0. The minimum absolute atomic E-state index is 0.0984. The van der Waals surface area contributed by atoms with Crippen LogP contribution in [0, 0.1) is 24.2 Å². The van der Waals surface area contributed by atoms with Gasteiger partial charge in [-0.05, 0) is 31.2 Å². The van der Waals surface area contributed by atoms with Gasteiger partial charge >= 0.3 is 0 Å². The van der Waals surface area contributed by atoms with E-state index in [4.69, 9.17) is 9.68 Å². The summed E-state index contributed by atoms with van der Waals surface area (Å²) in [6, 6.07) is 8.40. The molecule has 0 saturated heterocycles. The van der Waals surface area contributed by atoms with Crippen LogP contribution in [0.1, 0.15) is 24.8 Å². The van der Waals surface area contributed by atoms with Gasteiger partial charge < -0.3 is 9.32 Å². The summed E-state index contributed by atoms with van der Waals surface area (Å²) < 4.78 is 5.53. The van der Waals surface area contributed by atoms with Gasteiger partial charge in [0.15, 0.2) is 11.5 Å². The molecule has 1 aromatic carbocycles. The lowest BCUT2D eigenvalue weighted by atomic mass is 10.1. The van der Waals surface area contributed by atoms with E-state index in [1.807, 2.05) is 33.0 Å². The van der Waals surface area contributed by atoms with Gasteiger partial charge in [-0.15, -0.1) is 0 Å². The van der Waals surface area contributed by atoms with E-state index in [-0.39, 0.29) is 5.92 Å². The van der Waals surface area contributed by atoms with Gasteiger partial charge in [0, 0.05) is 20.0 Å². The molecule has 4 heteroatoms. The average Bonchev–Trinajstić information content (AvgIpc) is 2.75. The first-order valence-electron chi connectivity index (χ1n) is 6.56. The number of hydrogen-bond acceptors (Lipinski definition) is 4. The molecule has 2 aromatic rings. The van der Waals surface area contributed by atoms with E-state index < -0.39 is 0 Å². The maximum absolute atomic E-state index is 8.99. The molecule has 0 N–H and O–H groups in total. The minimum Gasteiger partial charge on any atom is -0.441 e. The van der Waals surface area contributed by atoms with Crippen molar-refractivity contribution in [3.63, 3.8) is 0 Å². The molecule has 1 atom stereocenters. The molecule has 4 nitrogen and oxygen atoms in total. The molecule has 2 rings (SSSR count). The Labute approximate surface area is 113 Å². The highest BCUT2D eigenvalue weighted by atomic mass is 16.3. The first-order valence-corrected chi connectivity index (χ1v) is 6.56. The van der Waals surface area contributed by atoms with Crippen molar-refractivity contribution in [2.24, 2.45) is 5.92 Å². The molecule has 0 aliphatic carbocycles. The number of oxazole rings is 1. The van der Waals surface area contributed by atoms with E-state index >= 15 is 0 Å². The highest BCUT2D eigenvalue weighted by Gasteiger charge is 2.10. The standard InChI is InChI=1S/C15H19N3O/c1-4-12(8-16)9-18(3)10-13-5-6-14-15(7-13)19-11(2)17-14/h5-7,12H,4,9-10H2,1-3H3. The summed E-state index contributed by atoms with van der Waals surface area (Å²) in [5, 5.41) is 8.99. The lowest BCUT2D eigenvalue weighted by Gasteiger charge is -2.18. The van der Waals surface area contributed by atoms with Crippen molar-refractivity contribution in [1.82, 2.24) is 9.88 Å². The monoisotopic (exact) mass is 257 g/mol. The van der Waals surface area contributed by atoms with Gasteiger partial charge in [-0.1, -0.05) is 13.0 Å². The van der Waals surface area contributed by atoms with Crippen LogP contribution in [0.5, 0.6) is 0 Å². The second kappa shape index (κ2) is 5.85. The topological polar surface area (TPSA) is 53.1 Å². The number of fused-ring (bicyclic) bond motifs is 1. The summed E-state index contributed by atoms with van der Waals surface area (Å²) in [7, 11) is 2.04. The molecule has 0 aliphatic rings. The van der Waals surface area contributed by atoms with Crippen molar-refractivity contribution in [3.8, 4) is 6.07 Å². The lowest BCUT2D eigenvalue weighted by Crippen LogP contribution is -2.24. The SMILES string of the molecule is CCC(C#N)CN(C)Cc1ccc2nc(C)oc2c1. The third kappa shape index (κ3) is 3.33. The summed E-state index contributed by atoms with van der Waals surface area (Å²) in [4.78, 5) is 6.45. The van der Waals surface area contributed by atoms with Crippen LogP contribution in [0.2, 0.25) is 0 Å². The highest BCUT2D eigenvalue weighted by molar-refractivity contribution is 5.73. The van der Waals surface area contributed by atoms with E-state index in [2.05, 4.69) is 22.0 Å². The maximum Gasteiger partial charge on any atom is 0.192 e. The zero-order chi connectivity index (χ0) is 13.8. The number of aromatic nitrogens is 1. The Morgan fingerprint density at radius 1 is 1.47 bits per heavy atom. The Hall–Kier alpha value is -1.86. The molecular formula is C15H19N3O. The summed E-state index contributed by atoms with van der Waals surface area (Å²) >= 11 is 0. The maximum atomic E-state index is 8.99. The van der Waals surface area contributed by atoms with Crippen LogP contribution in [0.3, 0.4) is 0 Å². The zero-order valence-electron chi connectivity index (χ0n) is 11.7. The Morgan fingerprint density at radius 3 is 2.95 bits per heavy atom. The largest absolute Gasteiger partial charge is 0.441 e. The number of benzene rings is 1. The van der Waals surface area contributed by atoms with Crippen molar-refractivity contribution in [2.75, 3.05) is 13.6 Å². The molecule has 100 valence electrons. The van der Waals surface area contributed by atoms with Crippen molar-refractivity contribution in [1.29, 1.82) is 5.26 Å². The van der Waals surface area contributed by atoms with E-state index in [0.717, 1.165) is 30.6 Å². The molecule has 0 saturated carbocycles. The fourth-order valence-electron chi connectivity index (χ4n) is 2.20. The van der Waals surface area contributed by atoms with Gasteiger partial charge in [0.2, 0.25) is 0 Å². The van der Waals surface area contributed by atoms with Gasteiger partial charge in [-0.3, -0.25) is 0 Å².